The van der Waals surface area contributed by atoms with E-state index in [1.54, 1.807) is 32.1 Å². The van der Waals surface area contributed by atoms with Gasteiger partial charge < -0.3 is 0 Å². The number of aromatic nitrogens is 3. The molecule has 0 saturated heterocycles. The lowest BCUT2D eigenvalue weighted by Gasteiger charge is -2.12. The van der Waals surface area contributed by atoms with Crippen molar-refractivity contribution < 1.29 is 0 Å². The van der Waals surface area contributed by atoms with Crippen LogP contribution in [0, 0.1) is 11.3 Å². The van der Waals surface area contributed by atoms with Crippen LogP contribution in [0.5, 0.6) is 0 Å². The number of nitrogens with zero attached hydrogens (tertiary/aromatic N) is 4. The molecule has 0 aliphatic heterocycles. The predicted molar refractivity (Wildman–Crippen MR) is 67.6 cm³/mol. The van der Waals surface area contributed by atoms with Gasteiger partial charge in [0.05, 0.1) is 6.07 Å². The Morgan fingerprint density at radius 2 is 2.18 bits per heavy atom. The molecule has 1 aromatic heterocycles. The van der Waals surface area contributed by atoms with E-state index in [9.17, 15) is 0 Å². The van der Waals surface area contributed by atoms with Crippen molar-refractivity contribution >= 4 is 28.7 Å². The topological polar surface area (TPSA) is 54.5 Å². The molecule has 0 aliphatic rings. The van der Waals surface area contributed by atoms with Crippen molar-refractivity contribution in [1.82, 2.24) is 15.0 Å². The summed E-state index contributed by atoms with van der Waals surface area (Å²) in [7, 11) is 0. The summed E-state index contributed by atoms with van der Waals surface area (Å²) in [5.74, 6) is 0. The average molecular weight is 247 g/mol. The molecule has 0 bridgehead atoms. The number of hydrogen-bond donors (Lipinski definition) is 0. The molecule has 0 spiro atoms. The maximum Gasteiger partial charge on any atom is 0.162 e. The first-order valence-corrected chi connectivity index (χ1v) is 5.46. The quantitative estimate of drug-likeness (QED) is 0.819. The molecule has 0 radical (unpaired) electrons. The Bertz CT molecular complexity index is 634. The second-order valence-electron chi connectivity index (χ2n) is 4.23. The molecule has 0 N–H and O–H groups in total. The van der Waals surface area contributed by atoms with E-state index < -0.39 is 5.54 Å². The SMILES string of the molecule is C=Cc1cc(Cl)cc2nn(C(C)(C)C#N)nc12. The fourth-order valence-electron chi connectivity index (χ4n) is 1.46. The summed E-state index contributed by atoms with van der Waals surface area (Å²) in [6.07, 6.45) is 1.67. The van der Waals surface area contributed by atoms with Crippen molar-refractivity contribution in [3.63, 3.8) is 0 Å². The molecule has 1 aromatic carbocycles. The summed E-state index contributed by atoms with van der Waals surface area (Å²) < 4.78 is 0. The molecular formula is C12H11ClN4. The summed E-state index contributed by atoms with van der Waals surface area (Å²) in [4.78, 5) is 1.40. The van der Waals surface area contributed by atoms with E-state index in [0.717, 1.165) is 5.56 Å². The molecule has 4 nitrogen and oxygen atoms in total. The van der Waals surface area contributed by atoms with E-state index in [1.165, 1.54) is 4.80 Å². The van der Waals surface area contributed by atoms with E-state index in [-0.39, 0.29) is 0 Å². The zero-order valence-electron chi connectivity index (χ0n) is 9.61. The Morgan fingerprint density at radius 1 is 1.47 bits per heavy atom. The molecule has 0 amide bonds. The Labute approximate surface area is 104 Å². The Balaban J connectivity index is 2.74. The lowest BCUT2D eigenvalue weighted by atomic mass is 10.1. The maximum absolute atomic E-state index is 9.06. The van der Waals surface area contributed by atoms with Gasteiger partial charge in [-0.25, -0.2) is 0 Å². The van der Waals surface area contributed by atoms with Crippen molar-refractivity contribution in [3.8, 4) is 6.07 Å². The van der Waals surface area contributed by atoms with Crippen molar-refractivity contribution in [2.24, 2.45) is 0 Å². The fourth-order valence-corrected chi connectivity index (χ4v) is 1.68. The zero-order valence-corrected chi connectivity index (χ0v) is 10.4. The minimum Gasteiger partial charge on any atom is -0.196 e. The highest BCUT2D eigenvalue weighted by Crippen LogP contribution is 2.23. The standard InChI is InChI=1S/C12H11ClN4/c1-4-8-5-9(13)6-10-11(8)16-17(15-10)12(2,3)7-14/h4-6H,1H2,2-3H3. The van der Waals surface area contributed by atoms with Crippen LogP contribution in [0.4, 0.5) is 0 Å². The van der Waals surface area contributed by atoms with Crippen LogP contribution in [0.2, 0.25) is 5.02 Å². The minimum absolute atomic E-state index is 0.578. The highest BCUT2D eigenvalue weighted by Gasteiger charge is 2.23. The van der Waals surface area contributed by atoms with Gasteiger partial charge in [-0.2, -0.15) is 20.3 Å². The maximum atomic E-state index is 9.06. The van der Waals surface area contributed by atoms with Gasteiger partial charge in [0.15, 0.2) is 5.54 Å². The van der Waals surface area contributed by atoms with Crippen LogP contribution in [0.1, 0.15) is 19.4 Å². The second-order valence-corrected chi connectivity index (χ2v) is 4.66. The van der Waals surface area contributed by atoms with E-state index in [0.29, 0.717) is 16.1 Å². The van der Waals surface area contributed by atoms with Crippen LogP contribution in [0.15, 0.2) is 18.7 Å². The van der Waals surface area contributed by atoms with Crippen LogP contribution in [0.3, 0.4) is 0 Å². The first-order valence-electron chi connectivity index (χ1n) is 5.09. The van der Waals surface area contributed by atoms with Gasteiger partial charge in [0, 0.05) is 10.6 Å². The number of rotatable bonds is 2. The van der Waals surface area contributed by atoms with Gasteiger partial charge in [-0.15, -0.1) is 0 Å². The molecule has 0 atom stereocenters. The average Bonchev–Trinajstić information content (AvgIpc) is 2.72. The Morgan fingerprint density at radius 3 is 2.76 bits per heavy atom. The monoisotopic (exact) mass is 246 g/mol. The minimum atomic E-state index is -0.788. The van der Waals surface area contributed by atoms with Crippen LogP contribution in [-0.2, 0) is 5.54 Å². The predicted octanol–water partition coefficient (Wildman–Crippen LogP) is 2.99. The first kappa shape index (κ1) is 11.6. The van der Waals surface area contributed by atoms with Crippen LogP contribution in [0.25, 0.3) is 17.1 Å². The number of benzene rings is 1. The summed E-state index contributed by atoms with van der Waals surface area (Å²) in [6.45, 7) is 7.22. The fraction of sp³-hybridized carbons (Fsp3) is 0.250. The molecule has 2 rings (SSSR count). The molecule has 5 heteroatoms. The Hall–Kier alpha value is -1.86. The highest BCUT2D eigenvalue weighted by molar-refractivity contribution is 6.31. The van der Waals surface area contributed by atoms with Gasteiger partial charge in [-0.3, -0.25) is 0 Å². The van der Waals surface area contributed by atoms with E-state index in [4.69, 9.17) is 16.9 Å². The molecular weight excluding hydrogens is 236 g/mol. The molecule has 86 valence electrons. The zero-order chi connectivity index (χ0) is 12.6. The van der Waals surface area contributed by atoms with Crippen molar-refractivity contribution in [2.45, 2.75) is 19.4 Å². The third-order valence-electron chi connectivity index (χ3n) is 2.47. The summed E-state index contributed by atoms with van der Waals surface area (Å²) >= 11 is 5.97. The summed E-state index contributed by atoms with van der Waals surface area (Å²) in [5, 5.41) is 18.2. The lowest BCUT2D eigenvalue weighted by Crippen LogP contribution is -2.26. The molecule has 0 unspecified atom stereocenters. The number of fused-ring (bicyclic) bond motifs is 1. The third-order valence-corrected chi connectivity index (χ3v) is 2.69. The molecule has 2 aromatic rings. The van der Waals surface area contributed by atoms with Crippen LogP contribution in [-0.4, -0.2) is 15.0 Å². The van der Waals surface area contributed by atoms with Gasteiger partial charge in [-0.1, -0.05) is 24.3 Å². The van der Waals surface area contributed by atoms with E-state index >= 15 is 0 Å². The molecule has 0 aliphatic carbocycles. The normalized spacial score (nSPS) is 11.4. The smallest absolute Gasteiger partial charge is 0.162 e. The van der Waals surface area contributed by atoms with Crippen LogP contribution >= 0.6 is 11.6 Å². The first-order chi connectivity index (χ1) is 7.97. The largest absolute Gasteiger partial charge is 0.196 e. The van der Waals surface area contributed by atoms with Gasteiger partial charge in [0.1, 0.15) is 11.0 Å². The molecule has 17 heavy (non-hydrogen) atoms. The second kappa shape index (κ2) is 3.86. The third kappa shape index (κ3) is 1.90. The van der Waals surface area contributed by atoms with Crippen molar-refractivity contribution in [3.05, 3.63) is 29.3 Å². The molecule has 0 saturated carbocycles. The lowest BCUT2D eigenvalue weighted by molar-refractivity contribution is 0.372. The Kier molecular flexibility index (Phi) is 2.64. The number of hydrogen-bond acceptors (Lipinski definition) is 3. The van der Waals surface area contributed by atoms with Gasteiger partial charge in [-0.05, 0) is 26.0 Å². The molecule has 0 fully saturated rings. The molecule has 1 heterocycles. The van der Waals surface area contributed by atoms with Crippen LogP contribution < -0.4 is 0 Å². The highest BCUT2D eigenvalue weighted by atomic mass is 35.5. The van der Waals surface area contributed by atoms with E-state index in [1.807, 2.05) is 0 Å². The van der Waals surface area contributed by atoms with Crippen molar-refractivity contribution in [2.75, 3.05) is 0 Å². The van der Waals surface area contributed by atoms with Gasteiger partial charge >= 0.3 is 0 Å². The summed E-state index contributed by atoms with van der Waals surface area (Å²) in [6, 6.07) is 5.65. The van der Waals surface area contributed by atoms with Crippen molar-refractivity contribution in [1.29, 1.82) is 5.26 Å². The number of nitriles is 1. The van der Waals surface area contributed by atoms with Gasteiger partial charge in [0.2, 0.25) is 0 Å². The summed E-state index contributed by atoms with van der Waals surface area (Å²) in [5.41, 5.74) is 1.39. The van der Waals surface area contributed by atoms with E-state index in [2.05, 4.69) is 22.8 Å². The number of halogens is 1. The van der Waals surface area contributed by atoms with Gasteiger partial charge in [0.25, 0.3) is 0 Å².